The van der Waals surface area contributed by atoms with Crippen LogP contribution in [-0.2, 0) is 21.4 Å². The summed E-state index contributed by atoms with van der Waals surface area (Å²) in [5.41, 5.74) is 0.508. The SMILES string of the molecule is CNS(=O)(=O)c1ccc(F)c(C(=O)OCc2cc3ccc(OC)cc3nc2Cl)c1. The highest BCUT2D eigenvalue weighted by Crippen LogP contribution is 2.25. The number of pyridine rings is 1. The van der Waals surface area contributed by atoms with E-state index in [-0.39, 0.29) is 16.7 Å². The summed E-state index contributed by atoms with van der Waals surface area (Å²) in [6.07, 6.45) is 0. The van der Waals surface area contributed by atoms with Gasteiger partial charge in [0.05, 0.1) is 23.1 Å². The number of halogens is 2. The smallest absolute Gasteiger partial charge is 0.341 e. The van der Waals surface area contributed by atoms with E-state index in [1.54, 1.807) is 24.3 Å². The molecule has 0 saturated heterocycles. The zero-order chi connectivity index (χ0) is 21.2. The summed E-state index contributed by atoms with van der Waals surface area (Å²) < 4.78 is 50.1. The molecule has 0 saturated carbocycles. The number of nitrogens with zero attached hydrogens (tertiary/aromatic N) is 1. The maximum absolute atomic E-state index is 14.0. The molecular weight excluding hydrogens is 423 g/mol. The Morgan fingerprint density at radius 2 is 1.97 bits per heavy atom. The van der Waals surface area contributed by atoms with Gasteiger partial charge in [-0.3, -0.25) is 0 Å². The van der Waals surface area contributed by atoms with Crippen LogP contribution < -0.4 is 9.46 Å². The normalized spacial score (nSPS) is 11.4. The average Bonchev–Trinajstić information content (AvgIpc) is 2.71. The first-order valence-corrected chi connectivity index (χ1v) is 10.1. The van der Waals surface area contributed by atoms with Crippen LogP contribution in [0.4, 0.5) is 4.39 Å². The Morgan fingerprint density at radius 3 is 2.66 bits per heavy atom. The zero-order valence-electron chi connectivity index (χ0n) is 15.4. The molecule has 29 heavy (non-hydrogen) atoms. The predicted octanol–water partition coefficient (Wildman–Crippen LogP) is 3.30. The highest BCUT2D eigenvalue weighted by Gasteiger charge is 2.20. The largest absolute Gasteiger partial charge is 0.497 e. The molecule has 0 spiro atoms. The Labute approximate surface area is 171 Å². The maximum atomic E-state index is 14.0. The fourth-order valence-electron chi connectivity index (χ4n) is 2.56. The van der Waals surface area contributed by atoms with Crippen LogP contribution >= 0.6 is 11.6 Å². The van der Waals surface area contributed by atoms with E-state index in [4.69, 9.17) is 21.1 Å². The third kappa shape index (κ3) is 4.47. The molecule has 0 radical (unpaired) electrons. The van der Waals surface area contributed by atoms with Crippen LogP contribution in [0, 0.1) is 5.82 Å². The van der Waals surface area contributed by atoms with Crippen molar-refractivity contribution in [1.82, 2.24) is 9.71 Å². The van der Waals surface area contributed by atoms with Crippen LogP contribution in [0.5, 0.6) is 5.75 Å². The Bertz CT molecular complexity index is 1200. The maximum Gasteiger partial charge on any atom is 0.341 e. The number of sulfonamides is 1. The summed E-state index contributed by atoms with van der Waals surface area (Å²) in [5.74, 6) is -1.31. The molecule has 1 aromatic heterocycles. The third-order valence-corrected chi connectivity index (χ3v) is 5.89. The van der Waals surface area contributed by atoms with Gasteiger partial charge in [-0.25, -0.2) is 27.3 Å². The van der Waals surface area contributed by atoms with Crippen molar-refractivity contribution < 1.29 is 27.1 Å². The van der Waals surface area contributed by atoms with E-state index < -0.39 is 27.4 Å². The van der Waals surface area contributed by atoms with E-state index in [1.807, 2.05) is 0 Å². The van der Waals surface area contributed by atoms with E-state index in [9.17, 15) is 17.6 Å². The van der Waals surface area contributed by atoms with Crippen molar-refractivity contribution in [2.24, 2.45) is 0 Å². The highest BCUT2D eigenvalue weighted by molar-refractivity contribution is 7.89. The minimum atomic E-state index is -3.84. The Kier molecular flexibility index (Phi) is 6.02. The number of ether oxygens (including phenoxy) is 2. The van der Waals surface area contributed by atoms with Crippen molar-refractivity contribution in [2.75, 3.05) is 14.2 Å². The summed E-state index contributed by atoms with van der Waals surface area (Å²) in [6.45, 7) is -0.269. The molecule has 152 valence electrons. The lowest BCUT2D eigenvalue weighted by molar-refractivity contribution is 0.0467. The van der Waals surface area contributed by atoms with Gasteiger partial charge in [0.15, 0.2) is 0 Å². The fourth-order valence-corrected chi connectivity index (χ4v) is 3.52. The van der Waals surface area contributed by atoms with Gasteiger partial charge in [0, 0.05) is 17.0 Å². The molecule has 0 aliphatic heterocycles. The fraction of sp³-hybridized carbons (Fsp3) is 0.158. The average molecular weight is 439 g/mol. The van der Waals surface area contributed by atoms with E-state index in [2.05, 4.69) is 9.71 Å². The molecule has 3 rings (SSSR count). The molecule has 0 aliphatic rings. The molecule has 1 N–H and O–H groups in total. The van der Waals surface area contributed by atoms with Crippen LogP contribution in [0.3, 0.4) is 0 Å². The molecule has 7 nitrogen and oxygen atoms in total. The number of carbonyl (C=O) groups excluding carboxylic acids is 1. The summed E-state index contributed by atoms with van der Waals surface area (Å²) in [7, 11) is -1.10. The van der Waals surface area contributed by atoms with Crippen molar-refractivity contribution in [1.29, 1.82) is 0 Å². The number of rotatable bonds is 6. The van der Waals surface area contributed by atoms with E-state index in [1.165, 1.54) is 14.2 Å². The van der Waals surface area contributed by atoms with Crippen LogP contribution in [0.15, 0.2) is 47.4 Å². The second-order valence-corrected chi connectivity index (χ2v) is 8.17. The highest BCUT2D eigenvalue weighted by atomic mass is 35.5. The van der Waals surface area contributed by atoms with E-state index in [0.29, 0.717) is 16.8 Å². The number of hydrogen-bond donors (Lipinski definition) is 1. The number of carbonyl (C=O) groups is 1. The first kappa shape index (κ1) is 21.0. The second-order valence-electron chi connectivity index (χ2n) is 5.92. The molecule has 0 amide bonds. The molecule has 0 unspecified atom stereocenters. The van der Waals surface area contributed by atoms with E-state index >= 15 is 0 Å². The minimum absolute atomic E-state index is 0.116. The summed E-state index contributed by atoms with van der Waals surface area (Å²) in [6, 6.07) is 9.77. The predicted molar refractivity (Wildman–Crippen MR) is 105 cm³/mol. The Morgan fingerprint density at radius 1 is 1.21 bits per heavy atom. The van der Waals surface area contributed by atoms with Gasteiger partial charge < -0.3 is 9.47 Å². The van der Waals surface area contributed by atoms with Gasteiger partial charge >= 0.3 is 5.97 Å². The molecule has 0 atom stereocenters. The lowest BCUT2D eigenvalue weighted by Gasteiger charge is -2.10. The molecule has 0 bridgehead atoms. The van der Waals surface area contributed by atoms with Crippen LogP contribution in [0.25, 0.3) is 10.9 Å². The van der Waals surface area contributed by atoms with Crippen LogP contribution in [-0.4, -0.2) is 33.5 Å². The third-order valence-electron chi connectivity index (χ3n) is 4.15. The molecular formula is C19H16ClFN2O5S. The first-order chi connectivity index (χ1) is 13.7. The molecule has 2 aromatic carbocycles. The first-order valence-electron chi connectivity index (χ1n) is 8.28. The number of benzene rings is 2. The van der Waals surface area contributed by atoms with Gasteiger partial charge in [-0.2, -0.15) is 0 Å². The van der Waals surface area contributed by atoms with Crippen molar-refractivity contribution in [3.05, 3.63) is 64.6 Å². The van der Waals surface area contributed by atoms with Gasteiger partial charge in [-0.15, -0.1) is 0 Å². The standard InChI is InChI=1S/C19H16ClFN2O5S/c1-22-29(25,26)14-5-6-16(21)15(9-14)19(24)28-10-12-7-11-3-4-13(27-2)8-17(11)23-18(12)20/h3-9,22H,10H2,1-2H3. The Balaban J connectivity index is 1.84. The zero-order valence-corrected chi connectivity index (χ0v) is 17.0. The number of methoxy groups -OCH3 is 1. The molecule has 0 fully saturated rings. The number of aromatic nitrogens is 1. The molecule has 10 heteroatoms. The lowest BCUT2D eigenvalue weighted by atomic mass is 10.1. The van der Waals surface area contributed by atoms with Gasteiger partial charge in [-0.05, 0) is 43.4 Å². The topological polar surface area (TPSA) is 94.6 Å². The van der Waals surface area contributed by atoms with Gasteiger partial charge in [0.2, 0.25) is 10.0 Å². The van der Waals surface area contributed by atoms with Gasteiger partial charge in [0.25, 0.3) is 0 Å². The number of fused-ring (bicyclic) bond motifs is 1. The van der Waals surface area contributed by atoms with Crippen molar-refractivity contribution in [3.63, 3.8) is 0 Å². The summed E-state index contributed by atoms with van der Waals surface area (Å²) in [5, 5.41) is 0.861. The lowest BCUT2D eigenvalue weighted by Crippen LogP contribution is -2.19. The second kappa shape index (κ2) is 8.32. The van der Waals surface area contributed by atoms with Crippen molar-refractivity contribution >= 4 is 38.5 Å². The Hall–Kier alpha value is -2.75. The number of esters is 1. The molecule has 0 aliphatic carbocycles. The summed E-state index contributed by atoms with van der Waals surface area (Å²) >= 11 is 6.16. The minimum Gasteiger partial charge on any atom is -0.497 e. The number of nitrogens with one attached hydrogen (secondary N) is 1. The van der Waals surface area contributed by atoms with E-state index in [0.717, 1.165) is 23.6 Å². The van der Waals surface area contributed by atoms with Crippen LogP contribution in [0.1, 0.15) is 15.9 Å². The van der Waals surface area contributed by atoms with Gasteiger partial charge in [-0.1, -0.05) is 11.6 Å². The quantitative estimate of drug-likeness (QED) is 0.468. The molecule has 3 aromatic rings. The number of hydrogen-bond acceptors (Lipinski definition) is 6. The monoisotopic (exact) mass is 438 g/mol. The van der Waals surface area contributed by atoms with Crippen molar-refractivity contribution in [3.8, 4) is 5.75 Å². The van der Waals surface area contributed by atoms with Crippen molar-refractivity contribution in [2.45, 2.75) is 11.5 Å². The van der Waals surface area contributed by atoms with Crippen LogP contribution in [0.2, 0.25) is 5.15 Å². The summed E-state index contributed by atoms with van der Waals surface area (Å²) in [4.78, 5) is 16.3. The molecule has 1 heterocycles. The van der Waals surface area contributed by atoms with Gasteiger partial charge in [0.1, 0.15) is 23.3 Å².